The Kier molecular flexibility index (Phi) is 5.12. The Bertz CT molecular complexity index is 844. The summed E-state index contributed by atoms with van der Waals surface area (Å²) < 4.78 is 5.31. The Morgan fingerprint density at radius 3 is 2.81 bits per heavy atom. The van der Waals surface area contributed by atoms with Crippen LogP contribution < -0.4 is 10.6 Å². The molecule has 4 rings (SSSR count). The van der Waals surface area contributed by atoms with Crippen LogP contribution >= 0.6 is 0 Å². The molecule has 2 unspecified atom stereocenters. The van der Waals surface area contributed by atoms with E-state index in [2.05, 4.69) is 41.0 Å². The number of hydrogen-bond donors (Lipinski definition) is 2. The Morgan fingerprint density at radius 1 is 1.22 bits per heavy atom. The molecular formula is C22H26N2O3. The van der Waals surface area contributed by atoms with Crippen LogP contribution in [0.3, 0.4) is 0 Å². The van der Waals surface area contributed by atoms with Crippen LogP contribution in [0, 0.1) is 0 Å². The highest BCUT2D eigenvalue weighted by Gasteiger charge is 2.38. The van der Waals surface area contributed by atoms with Gasteiger partial charge in [0.25, 0.3) is 0 Å². The number of hydrogen-bond acceptors (Lipinski definition) is 3. The van der Waals surface area contributed by atoms with Crippen LogP contribution in [0.1, 0.15) is 37.7 Å². The third-order valence-electron chi connectivity index (χ3n) is 5.72. The average molecular weight is 366 g/mol. The Morgan fingerprint density at radius 2 is 2.07 bits per heavy atom. The number of carbonyl (C=O) groups excluding carboxylic acids is 2. The molecule has 2 aliphatic heterocycles. The van der Waals surface area contributed by atoms with Gasteiger partial charge in [-0.25, -0.2) is 0 Å². The molecule has 2 saturated heterocycles. The van der Waals surface area contributed by atoms with E-state index in [0.717, 1.165) is 19.3 Å². The minimum atomic E-state index is -0.330. The van der Waals surface area contributed by atoms with Crippen LogP contribution in [0.2, 0.25) is 0 Å². The molecule has 2 aliphatic rings. The Balaban J connectivity index is 1.44. The van der Waals surface area contributed by atoms with E-state index in [4.69, 9.17) is 4.74 Å². The molecule has 2 aromatic carbocycles. The highest BCUT2D eigenvalue weighted by molar-refractivity contribution is 5.83. The number of rotatable bonds is 6. The van der Waals surface area contributed by atoms with Crippen molar-refractivity contribution in [1.82, 2.24) is 10.6 Å². The summed E-state index contributed by atoms with van der Waals surface area (Å²) in [4.78, 5) is 24.3. The van der Waals surface area contributed by atoms with Crippen molar-refractivity contribution in [2.45, 2.75) is 50.1 Å². The van der Waals surface area contributed by atoms with Gasteiger partial charge in [-0.05, 0) is 42.0 Å². The van der Waals surface area contributed by atoms with Crippen molar-refractivity contribution in [3.8, 4) is 0 Å². The zero-order valence-electron chi connectivity index (χ0n) is 15.5. The molecular weight excluding hydrogens is 340 g/mol. The molecule has 0 bridgehead atoms. The molecule has 2 fully saturated rings. The lowest BCUT2D eigenvalue weighted by Gasteiger charge is -2.29. The first-order valence-electron chi connectivity index (χ1n) is 9.78. The molecule has 5 nitrogen and oxygen atoms in total. The molecule has 0 spiro atoms. The summed E-state index contributed by atoms with van der Waals surface area (Å²) in [6.45, 7) is 1.32. The van der Waals surface area contributed by atoms with E-state index in [1.165, 1.54) is 16.3 Å². The van der Waals surface area contributed by atoms with Crippen molar-refractivity contribution in [3.63, 3.8) is 0 Å². The molecule has 0 saturated carbocycles. The summed E-state index contributed by atoms with van der Waals surface area (Å²) in [5, 5.41) is 8.63. The van der Waals surface area contributed by atoms with E-state index < -0.39 is 0 Å². The van der Waals surface area contributed by atoms with Gasteiger partial charge >= 0.3 is 0 Å². The Labute approximate surface area is 159 Å². The summed E-state index contributed by atoms with van der Waals surface area (Å²) in [6, 6.07) is 14.9. The summed E-state index contributed by atoms with van der Waals surface area (Å²) in [7, 11) is 0. The normalized spacial score (nSPS) is 24.9. The van der Waals surface area contributed by atoms with E-state index in [-0.39, 0.29) is 23.4 Å². The van der Waals surface area contributed by atoms with Crippen molar-refractivity contribution in [3.05, 3.63) is 48.0 Å². The largest absolute Gasteiger partial charge is 0.379 e. The zero-order valence-corrected chi connectivity index (χ0v) is 15.5. The van der Waals surface area contributed by atoms with Gasteiger partial charge in [0.15, 0.2) is 0 Å². The third kappa shape index (κ3) is 4.30. The molecule has 0 aromatic heterocycles. The number of amides is 2. The lowest BCUT2D eigenvalue weighted by molar-refractivity contribution is -0.123. The maximum Gasteiger partial charge on any atom is 0.220 e. The number of fused-ring (bicyclic) bond motifs is 1. The van der Waals surface area contributed by atoms with Crippen LogP contribution in [0.15, 0.2) is 42.5 Å². The quantitative estimate of drug-likeness (QED) is 0.826. The zero-order chi connectivity index (χ0) is 18.7. The first kappa shape index (κ1) is 18.0. The molecule has 2 aromatic rings. The van der Waals surface area contributed by atoms with Crippen LogP contribution in [-0.2, 0) is 20.7 Å². The summed E-state index contributed by atoms with van der Waals surface area (Å²) >= 11 is 0. The maximum atomic E-state index is 12.3. The predicted octanol–water partition coefficient (Wildman–Crippen LogP) is 2.72. The topological polar surface area (TPSA) is 67.4 Å². The van der Waals surface area contributed by atoms with Crippen LogP contribution in [-0.4, -0.2) is 36.6 Å². The van der Waals surface area contributed by atoms with Gasteiger partial charge in [0.2, 0.25) is 11.8 Å². The number of nitrogens with one attached hydrogen (secondary N) is 2. The molecule has 0 radical (unpaired) electrons. The monoisotopic (exact) mass is 366 g/mol. The first-order valence-corrected chi connectivity index (χ1v) is 9.78. The highest BCUT2D eigenvalue weighted by atomic mass is 16.5. The molecule has 5 heteroatoms. The predicted molar refractivity (Wildman–Crippen MR) is 104 cm³/mol. The number of ether oxygens (including phenoxy) is 1. The lowest BCUT2D eigenvalue weighted by atomic mass is 9.84. The van der Waals surface area contributed by atoms with Gasteiger partial charge in [0, 0.05) is 25.0 Å². The summed E-state index contributed by atoms with van der Waals surface area (Å²) in [5.41, 5.74) is 0.865. The Hall–Kier alpha value is -2.40. The van der Waals surface area contributed by atoms with E-state index >= 15 is 0 Å². The van der Waals surface area contributed by atoms with Gasteiger partial charge in [-0.1, -0.05) is 42.5 Å². The molecule has 2 amide bonds. The van der Waals surface area contributed by atoms with Crippen molar-refractivity contribution in [1.29, 1.82) is 0 Å². The van der Waals surface area contributed by atoms with E-state index in [1.54, 1.807) is 0 Å². The van der Waals surface area contributed by atoms with Crippen molar-refractivity contribution < 1.29 is 14.3 Å². The minimum absolute atomic E-state index is 0.0459. The van der Waals surface area contributed by atoms with E-state index in [9.17, 15) is 9.59 Å². The molecule has 27 heavy (non-hydrogen) atoms. The summed E-state index contributed by atoms with van der Waals surface area (Å²) in [5.74, 6) is 0.130. The van der Waals surface area contributed by atoms with E-state index in [1.807, 2.05) is 12.1 Å². The number of carbonyl (C=O) groups is 2. The van der Waals surface area contributed by atoms with Gasteiger partial charge < -0.3 is 15.4 Å². The second kappa shape index (κ2) is 7.69. The van der Waals surface area contributed by atoms with Gasteiger partial charge in [-0.3, -0.25) is 9.59 Å². The fourth-order valence-electron chi connectivity index (χ4n) is 4.22. The SMILES string of the molecule is O=C(CCC1(Cc2ccc3ccccc3c2)CCC(=O)N1)NC1CCOC1. The standard InChI is InChI=1S/C22H26N2O3/c25-20(23-19-9-12-27-15-19)7-10-22(11-8-21(26)24-22)14-16-5-6-17-3-1-2-4-18(17)13-16/h1-6,13,19H,7-12,14-15H2,(H,23,25)(H,24,26). The van der Waals surface area contributed by atoms with Crippen molar-refractivity contribution in [2.24, 2.45) is 0 Å². The van der Waals surface area contributed by atoms with Gasteiger partial charge in [-0.2, -0.15) is 0 Å². The fraction of sp³-hybridized carbons (Fsp3) is 0.455. The van der Waals surface area contributed by atoms with Crippen LogP contribution in [0.4, 0.5) is 0 Å². The van der Waals surface area contributed by atoms with Gasteiger partial charge in [-0.15, -0.1) is 0 Å². The van der Waals surface area contributed by atoms with Crippen LogP contribution in [0.25, 0.3) is 10.8 Å². The molecule has 2 N–H and O–H groups in total. The fourth-order valence-corrected chi connectivity index (χ4v) is 4.22. The highest BCUT2D eigenvalue weighted by Crippen LogP contribution is 2.30. The molecule has 142 valence electrons. The van der Waals surface area contributed by atoms with Gasteiger partial charge in [0.1, 0.15) is 0 Å². The second-order valence-corrected chi connectivity index (χ2v) is 7.81. The summed E-state index contributed by atoms with van der Waals surface area (Å²) in [6.07, 6.45) is 4.02. The van der Waals surface area contributed by atoms with Crippen LogP contribution in [0.5, 0.6) is 0 Å². The average Bonchev–Trinajstić information content (AvgIpc) is 3.30. The van der Waals surface area contributed by atoms with E-state index in [0.29, 0.717) is 32.5 Å². The van der Waals surface area contributed by atoms with Crippen molar-refractivity contribution >= 4 is 22.6 Å². The maximum absolute atomic E-state index is 12.3. The molecule has 0 aliphatic carbocycles. The smallest absolute Gasteiger partial charge is 0.220 e. The molecule has 2 atom stereocenters. The number of benzene rings is 2. The van der Waals surface area contributed by atoms with Crippen molar-refractivity contribution in [2.75, 3.05) is 13.2 Å². The second-order valence-electron chi connectivity index (χ2n) is 7.81. The lowest BCUT2D eigenvalue weighted by Crippen LogP contribution is -2.45. The van der Waals surface area contributed by atoms with Gasteiger partial charge in [0.05, 0.1) is 12.6 Å². The first-order chi connectivity index (χ1) is 13.1. The molecule has 2 heterocycles. The third-order valence-corrected chi connectivity index (χ3v) is 5.72. The minimum Gasteiger partial charge on any atom is -0.379 e.